The van der Waals surface area contributed by atoms with Crippen LogP contribution in [0.2, 0.25) is 5.02 Å². The molecule has 3 nitrogen and oxygen atoms in total. The van der Waals surface area contributed by atoms with E-state index in [0.717, 1.165) is 16.7 Å². The van der Waals surface area contributed by atoms with Crippen LogP contribution in [0.4, 0.5) is 0 Å². The molecule has 0 saturated carbocycles. The molecule has 5 heteroatoms. The second-order valence-electron chi connectivity index (χ2n) is 6.34. The molecule has 0 aliphatic heterocycles. The molecular formula is C23H23CaClO3. The molecule has 1 N–H and O–H groups in total. The van der Waals surface area contributed by atoms with Gasteiger partial charge in [0.25, 0.3) is 0 Å². The number of hydrogen-bond donors (Lipinski definition) is 1. The van der Waals surface area contributed by atoms with Crippen molar-refractivity contribution in [3.8, 4) is 11.1 Å². The normalized spacial score (nSPS) is 12.6. The zero-order valence-electron chi connectivity index (χ0n) is 15.1. The molecule has 142 valence electrons. The van der Waals surface area contributed by atoms with Crippen molar-refractivity contribution in [2.24, 2.45) is 0 Å². The quantitative estimate of drug-likeness (QED) is 0.545. The Hall–Kier alpha value is -1.36. The van der Waals surface area contributed by atoms with E-state index in [9.17, 15) is 9.90 Å². The van der Waals surface area contributed by atoms with Crippen molar-refractivity contribution in [1.82, 2.24) is 0 Å². The number of carboxylic acid groups (broad SMARTS) is 1. The molecule has 0 aromatic heterocycles. The summed E-state index contributed by atoms with van der Waals surface area (Å²) in [5, 5.41) is 10.5. The number of halogens is 1. The molecule has 0 radical (unpaired) electrons. The Morgan fingerprint density at radius 3 is 1.96 bits per heavy atom. The van der Waals surface area contributed by atoms with E-state index in [1.54, 1.807) is 12.1 Å². The van der Waals surface area contributed by atoms with Gasteiger partial charge < -0.3 is 9.84 Å². The van der Waals surface area contributed by atoms with Gasteiger partial charge in [0.05, 0.1) is 6.61 Å². The molecule has 1 unspecified atom stereocenters. The van der Waals surface area contributed by atoms with Crippen molar-refractivity contribution in [2.75, 3.05) is 0 Å². The molecule has 0 aliphatic carbocycles. The van der Waals surface area contributed by atoms with Gasteiger partial charge in [-0.3, -0.25) is 0 Å². The Morgan fingerprint density at radius 1 is 0.929 bits per heavy atom. The van der Waals surface area contributed by atoms with Crippen LogP contribution in [0.25, 0.3) is 11.1 Å². The third-order valence-electron chi connectivity index (χ3n) is 4.70. The topological polar surface area (TPSA) is 46.5 Å². The van der Waals surface area contributed by atoms with Crippen LogP contribution in [-0.2, 0) is 21.7 Å². The zero-order chi connectivity index (χ0) is 19.3. The first-order valence-corrected chi connectivity index (χ1v) is 9.21. The third-order valence-corrected chi connectivity index (χ3v) is 4.95. The standard InChI is InChI=1S/C23H21ClO3.Ca.2H/c1-2-23(22(25)26,20-6-4-3-5-7-20)27-16-17-8-10-18(11-9-17)19-12-14-21(24)15-13-19;;;/h3-15H,2,16H2,1H3,(H,25,26);;;. The molecule has 28 heavy (non-hydrogen) atoms. The van der Waals surface area contributed by atoms with Gasteiger partial charge in [-0.25, -0.2) is 4.79 Å². The number of ether oxygens (including phenoxy) is 1. The molecule has 0 spiro atoms. The van der Waals surface area contributed by atoms with E-state index in [1.165, 1.54) is 0 Å². The van der Waals surface area contributed by atoms with Gasteiger partial charge in [-0.1, -0.05) is 85.3 Å². The minimum absolute atomic E-state index is 0. The van der Waals surface area contributed by atoms with Crippen LogP contribution in [-0.4, -0.2) is 48.8 Å². The maximum atomic E-state index is 12.0. The van der Waals surface area contributed by atoms with Gasteiger partial charge in [-0.15, -0.1) is 0 Å². The van der Waals surface area contributed by atoms with Gasteiger partial charge in [-0.05, 0) is 40.8 Å². The molecule has 3 aromatic carbocycles. The van der Waals surface area contributed by atoms with Crippen molar-refractivity contribution in [1.29, 1.82) is 0 Å². The van der Waals surface area contributed by atoms with Crippen LogP contribution in [0.3, 0.4) is 0 Å². The van der Waals surface area contributed by atoms with Crippen molar-refractivity contribution >= 4 is 55.3 Å². The molecule has 0 bridgehead atoms. The van der Waals surface area contributed by atoms with Gasteiger partial charge in [0, 0.05) is 5.02 Å². The van der Waals surface area contributed by atoms with E-state index in [4.69, 9.17) is 16.3 Å². The molecule has 0 amide bonds. The van der Waals surface area contributed by atoms with Crippen molar-refractivity contribution in [3.63, 3.8) is 0 Å². The minimum atomic E-state index is -1.35. The van der Waals surface area contributed by atoms with E-state index in [-0.39, 0.29) is 44.3 Å². The third kappa shape index (κ3) is 5.16. The summed E-state index contributed by atoms with van der Waals surface area (Å²) in [5.74, 6) is -0.978. The Kier molecular flexibility index (Phi) is 8.54. The fraction of sp³-hybridized carbons (Fsp3) is 0.174. The molecule has 3 aromatic rings. The van der Waals surface area contributed by atoms with E-state index < -0.39 is 11.6 Å². The monoisotopic (exact) mass is 422 g/mol. The van der Waals surface area contributed by atoms with E-state index in [1.807, 2.05) is 73.7 Å². The van der Waals surface area contributed by atoms with E-state index in [2.05, 4.69) is 0 Å². The zero-order valence-corrected chi connectivity index (χ0v) is 15.8. The van der Waals surface area contributed by atoms with Crippen LogP contribution in [0.5, 0.6) is 0 Å². The molecule has 0 heterocycles. The van der Waals surface area contributed by atoms with Gasteiger partial charge in [-0.2, -0.15) is 0 Å². The van der Waals surface area contributed by atoms with Crippen molar-refractivity contribution < 1.29 is 14.6 Å². The summed E-state index contributed by atoms with van der Waals surface area (Å²) in [6.07, 6.45) is 0.342. The number of aliphatic carboxylic acids is 1. The first-order chi connectivity index (χ1) is 13.0. The Bertz CT molecular complexity index is 895. The van der Waals surface area contributed by atoms with Crippen LogP contribution < -0.4 is 0 Å². The van der Waals surface area contributed by atoms with E-state index >= 15 is 0 Å². The van der Waals surface area contributed by atoms with Crippen molar-refractivity contribution in [3.05, 3.63) is 95.0 Å². The fourth-order valence-electron chi connectivity index (χ4n) is 3.08. The molecule has 0 fully saturated rings. The summed E-state index contributed by atoms with van der Waals surface area (Å²) in [5.41, 5.74) is 2.36. The molecule has 3 rings (SSSR count). The summed E-state index contributed by atoms with van der Waals surface area (Å²) < 4.78 is 5.96. The summed E-state index contributed by atoms with van der Waals surface area (Å²) >= 11 is 5.93. The number of benzene rings is 3. The van der Waals surface area contributed by atoms with Crippen LogP contribution in [0, 0.1) is 0 Å². The average Bonchev–Trinajstić information content (AvgIpc) is 2.70. The van der Waals surface area contributed by atoms with Crippen LogP contribution in [0.15, 0.2) is 78.9 Å². The van der Waals surface area contributed by atoms with Gasteiger partial charge in [0.1, 0.15) is 0 Å². The molecule has 0 saturated heterocycles. The summed E-state index contributed by atoms with van der Waals surface area (Å²) in [6, 6.07) is 24.7. The second-order valence-corrected chi connectivity index (χ2v) is 6.78. The number of hydrogen-bond acceptors (Lipinski definition) is 2. The first kappa shape index (κ1) is 22.9. The fourth-order valence-corrected chi connectivity index (χ4v) is 3.20. The molecule has 0 aliphatic rings. The second kappa shape index (κ2) is 10.4. The molecule has 1 atom stereocenters. The number of rotatable bonds is 7. The van der Waals surface area contributed by atoms with E-state index in [0.29, 0.717) is 17.0 Å². The number of carbonyl (C=O) groups is 1. The van der Waals surface area contributed by atoms with Crippen molar-refractivity contribution in [2.45, 2.75) is 25.6 Å². The van der Waals surface area contributed by atoms with Crippen LogP contribution >= 0.6 is 11.6 Å². The first-order valence-electron chi connectivity index (χ1n) is 8.83. The molecular weight excluding hydrogens is 400 g/mol. The Morgan fingerprint density at radius 2 is 1.46 bits per heavy atom. The Balaban J connectivity index is 0.00000280. The van der Waals surface area contributed by atoms with Gasteiger partial charge in [0.15, 0.2) is 5.60 Å². The van der Waals surface area contributed by atoms with Gasteiger partial charge >= 0.3 is 43.7 Å². The van der Waals surface area contributed by atoms with Gasteiger partial charge in [0.2, 0.25) is 0 Å². The summed E-state index contributed by atoms with van der Waals surface area (Å²) in [6.45, 7) is 2.04. The number of carboxylic acids is 1. The summed E-state index contributed by atoms with van der Waals surface area (Å²) in [7, 11) is 0. The predicted molar refractivity (Wildman–Crippen MR) is 116 cm³/mol. The average molecular weight is 423 g/mol. The SMILES string of the molecule is CCC(OCc1ccc(-c2ccc(Cl)cc2)cc1)(C(=O)O)c1ccccc1.[CaH2]. The summed E-state index contributed by atoms with van der Waals surface area (Å²) in [4.78, 5) is 12.0. The maximum absolute atomic E-state index is 12.0. The van der Waals surface area contributed by atoms with Crippen LogP contribution in [0.1, 0.15) is 24.5 Å². The predicted octanol–water partition coefficient (Wildman–Crippen LogP) is 5.00. The Labute approximate surface area is 200 Å².